The molecule has 6 heteroatoms. The van der Waals surface area contributed by atoms with Crippen LogP contribution in [0.5, 0.6) is 5.75 Å². The highest BCUT2D eigenvalue weighted by Crippen LogP contribution is 2.19. The van der Waals surface area contributed by atoms with Gasteiger partial charge in [-0.25, -0.2) is 0 Å². The van der Waals surface area contributed by atoms with Crippen LogP contribution >= 0.6 is 0 Å². The molecule has 2 rings (SSSR count). The summed E-state index contributed by atoms with van der Waals surface area (Å²) in [6, 6.07) is 6.52. The van der Waals surface area contributed by atoms with Crippen molar-refractivity contribution in [1.82, 2.24) is 0 Å². The largest absolute Gasteiger partial charge is 0.337 e. The molecule has 0 aromatic heterocycles. The first-order valence-corrected chi connectivity index (χ1v) is 6.73. The summed E-state index contributed by atoms with van der Waals surface area (Å²) >= 11 is 0. The van der Waals surface area contributed by atoms with Crippen molar-refractivity contribution in [2.24, 2.45) is 15.6 Å². The Morgan fingerprint density at radius 3 is 2.52 bits per heavy atom. The average Bonchev–Trinajstić information content (AvgIpc) is 2.57. The molecule has 0 saturated heterocycles. The van der Waals surface area contributed by atoms with E-state index in [1.54, 1.807) is 54.6 Å². The first kappa shape index (κ1) is 16.0. The number of allylic oxidation sites excluding steroid dienone is 8. The number of fused-ring (bicyclic) bond motifs is 1. The molecule has 0 fully saturated rings. The number of benzene rings is 1. The minimum atomic E-state index is -0.373. The first-order chi connectivity index (χ1) is 11.3. The molecule has 0 bridgehead atoms. The average molecular weight is 307 g/mol. The summed E-state index contributed by atoms with van der Waals surface area (Å²) in [6.07, 6.45) is 13.5. The maximum Gasteiger partial charge on any atom is 0.189 e. The molecule has 0 spiro atoms. The van der Waals surface area contributed by atoms with Crippen molar-refractivity contribution < 1.29 is 14.4 Å². The van der Waals surface area contributed by atoms with Gasteiger partial charge in [-0.2, -0.15) is 0 Å². The third-order valence-corrected chi connectivity index (χ3v) is 2.64. The summed E-state index contributed by atoms with van der Waals surface area (Å²) in [5.74, 6) is -0.441. The molecule has 114 valence electrons. The second-order valence-corrected chi connectivity index (χ2v) is 4.25. The Morgan fingerprint density at radius 2 is 1.61 bits per heavy atom. The SMILES string of the molecule is O=C1C=CC=CC=CC=NN=NOc2ccccc2C(=O)C=C1. The van der Waals surface area contributed by atoms with Crippen molar-refractivity contribution in [1.29, 1.82) is 0 Å². The fraction of sp³-hybridized carbons (Fsp3) is 0. The smallest absolute Gasteiger partial charge is 0.189 e. The second-order valence-electron chi connectivity index (χ2n) is 4.25. The molecule has 0 saturated carbocycles. The van der Waals surface area contributed by atoms with Crippen LogP contribution in [0.4, 0.5) is 0 Å². The summed E-state index contributed by atoms with van der Waals surface area (Å²) in [5.41, 5.74) is 0.271. The third kappa shape index (κ3) is 5.47. The Balaban J connectivity index is 2.31. The molecule has 0 aliphatic carbocycles. The van der Waals surface area contributed by atoms with Crippen LogP contribution in [0.2, 0.25) is 0 Å². The lowest BCUT2D eigenvalue weighted by atomic mass is 10.1. The molecule has 23 heavy (non-hydrogen) atoms. The molecular formula is C17H13N3O3. The summed E-state index contributed by atoms with van der Waals surface area (Å²) in [5, 5.41) is 10.5. The van der Waals surface area contributed by atoms with Crippen molar-refractivity contribution in [3.8, 4) is 5.75 Å². The van der Waals surface area contributed by atoms with E-state index in [0.29, 0.717) is 0 Å². The lowest BCUT2D eigenvalue weighted by Gasteiger charge is -2.02. The standard InChI is InChI=1S/C17H13N3O3/c21-14-8-4-2-1-3-7-13-18-19-20-23-17-10-6-5-9-15(17)16(22)12-11-14/h1-13H. The van der Waals surface area contributed by atoms with Gasteiger partial charge in [0.05, 0.1) is 17.1 Å². The van der Waals surface area contributed by atoms with Gasteiger partial charge in [-0.05, 0) is 41.7 Å². The zero-order valence-corrected chi connectivity index (χ0v) is 12.1. The topological polar surface area (TPSA) is 80.4 Å². The molecule has 0 atom stereocenters. The van der Waals surface area contributed by atoms with Gasteiger partial charge in [0.2, 0.25) is 0 Å². The summed E-state index contributed by atoms with van der Waals surface area (Å²) in [4.78, 5) is 28.8. The molecule has 0 unspecified atom stereocenters. The zero-order valence-electron chi connectivity index (χ0n) is 12.1. The van der Waals surface area contributed by atoms with Crippen LogP contribution in [0.3, 0.4) is 0 Å². The minimum Gasteiger partial charge on any atom is -0.337 e. The highest BCUT2D eigenvalue weighted by molar-refractivity contribution is 6.11. The number of rotatable bonds is 0. The molecule has 1 aliphatic heterocycles. The highest BCUT2D eigenvalue weighted by Gasteiger charge is 2.10. The molecule has 0 amide bonds. The predicted octanol–water partition coefficient (Wildman–Crippen LogP) is 3.41. The van der Waals surface area contributed by atoms with E-state index in [-0.39, 0.29) is 22.9 Å². The number of hydrogen-bond donors (Lipinski definition) is 0. The van der Waals surface area contributed by atoms with Gasteiger partial charge in [-0.15, -0.1) is 5.10 Å². The van der Waals surface area contributed by atoms with E-state index in [1.165, 1.54) is 24.4 Å². The van der Waals surface area contributed by atoms with Crippen molar-refractivity contribution in [2.45, 2.75) is 0 Å². The Hall–Kier alpha value is -3.41. The van der Waals surface area contributed by atoms with Gasteiger partial charge in [0, 0.05) is 0 Å². The number of carbonyl (C=O) groups excluding carboxylic acids is 2. The van der Waals surface area contributed by atoms with E-state index < -0.39 is 0 Å². The number of ketones is 2. The molecule has 0 N–H and O–H groups in total. The number of hydrogen-bond acceptors (Lipinski definition) is 6. The normalized spacial score (nSPS) is 15.3. The van der Waals surface area contributed by atoms with Crippen LogP contribution in [-0.4, -0.2) is 17.8 Å². The number of para-hydroxylation sites is 1. The Morgan fingerprint density at radius 1 is 0.826 bits per heavy atom. The Kier molecular flexibility index (Phi) is 6.10. The zero-order chi connectivity index (χ0) is 16.3. The van der Waals surface area contributed by atoms with Crippen LogP contribution in [0, 0.1) is 0 Å². The Labute approximate surface area is 132 Å². The van der Waals surface area contributed by atoms with Gasteiger partial charge in [0.15, 0.2) is 17.3 Å². The van der Waals surface area contributed by atoms with Crippen LogP contribution in [0.15, 0.2) is 88.5 Å². The quantitative estimate of drug-likeness (QED) is 0.736. The van der Waals surface area contributed by atoms with E-state index in [4.69, 9.17) is 4.84 Å². The van der Waals surface area contributed by atoms with Gasteiger partial charge in [0.25, 0.3) is 0 Å². The van der Waals surface area contributed by atoms with Gasteiger partial charge >= 0.3 is 0 Å². The lowest BCUT2D eigenvalue weighted by Crippen LogP contribution is -1.99. The highest BCUT2D eigenvalue weighted by atomic mass is 16.6. The second kappa shape index (κ2) is 8.78. The maximum absolute atomic E-state index is 12.1. The summed E-state index contributed by atoms with van der Waals surface area (Å²) in [7, 11) is 0. The van der Waals surface area contributed by atoms with Crippen LogP contribution in [0.1, 0.15) is 10.4 Å². The van der Waals surface area contributed by atoms with Crippen molar-refractivity contribution >= 4 is 17.8 Å². The fourth-order valence-electron chi connectivity index (χ4n) is 1.60. The fourth-order valence-corrected chi connectivity index (χ4v) is 1.60. The molecule has 1 aromatic carbocycles. The van der Waals surface area contributed by atoms with Crippen molar-refractivity contribution in [2.75, 3.05) is 0 Å². The maximum atomic E-state index is 12.1. The number of carbonyl (C=O) groups is 2. The van der Waals surface area contributed by atoms with Gasteiger partial charge in [0.1, 0.15) is 0 Å². The van der Waals surface area contributed by atoms with Crippen LogP contribution in [0.25, 0.3) is 0 Å². The molecule has 1 aliphatic rings. The van der Waals surface area contributed by atoms with Gasteiger partial charge < -0.3 is 4.84 Å². The molecule has 0 radical (unpaired) electrons. The van der Waals surface area contributed by atoms with E-state index in [2.05, 4.69) is 15.6 Å². The van der Waals surface area contributed by atoms with Gasteiger partial charge in [-0.1, -0.05) is 36.4 Å². The Bertz CT molecular complexity index is 756. The van der Waals surface area contributed by atoms with E-state index in [1.807, 2.05) is 0 Å². The molecule has 1 heterocycles. The van der Waals surface area contributed by atoms with E-state index in [0.717, 1.165) is 0 Å². The molecular weight excluding hydrogens is 294 g/mol. The first-order valence-electron chi connectivity index (χ1n) is 6.73. The van der Waals surface area contributed by atoms with Crippen LogP contribution < -0.4 is 4.84 Å². The predicted molar refractivity (Wildman–Crippen MR) is 86.3 cm³/mol. The van der Waals surface area contributed by atoms with Crippen molar-refractivity contribution in [3.05, 3.63) is 78.4 Å². The minimum absolute atomic E-state index is 0.227. The van der Waals surface area contributed by atoms with E-state index in [9.17, 15) is 9.59 Å². The lowest BCUT2D eigenvalue weighted by molar-refractivity contribution is -0.110. The molecule has 1 aromatic rings. The summed E-state index contributed by atoms with van der Waals surface area (Å²) < 4.78 is 0. The molecule has 6 nitrogen and oxygen atoms in total. The van der Waals surface area contributed by atoms with Crippen molar-refractivity contribution in [3.63, 3.8) is 0 Å². The van der Waals surface area contributed by atoms with Gasteiger partial charge in [-0.3, -0.25) is 9.59 Å². The third-order valence-electron chi connectivity index (χ3n) is 2.64. The monoisotopic (exact) mass is 307 g/mol. The van der Waals surface area contributed by atoms with Crippen LogP contribution in [-0.2, 0) is 4.79 Å². The van der Waals surface area contributed by atoms with E-state index >= 15 is 0 Å². The summed E-state index contributed by atoms with van der Waals surface area (Å²) in [6.45, 7) is 0. The number of nitrogens with zero attached hydrogens (tertiary/aromatic N) is 3.